The van der Waals surface area contributed by atoms with Crippen LogP contribution in [0.25, 0.3) is 0 Å². The second-order valence-electron chi connectivity index (χ2n) is 4.47. The van der Waals surface area contributed by atoms with Crippen LogP contribution in [0.1, 0.15) is 39.1 Å². The molecule has 0 N–H and O–H groups in total. The number of hydrogen-bond acceptors (Lipinski definition) is 2. The van der Waals surface area contributed by atoms with Crippen LogP contribution in [0, 0.1) is 16.7 Å². The van der Waals surface area contributed by atoms with E-state index in [0.29, 0.717) is 0 Å². The summed E-state index contributed by atoms with van der Waals surface area (Å²) in [6, 6.07) is 4.44. The van der Waals surface area contributed by atoms with Crippen LogP contribution in [0.3, 0.4) is 0 Å². The number of aromatic nitrogens is 2. The van der Waals surface area contributed by atoms with Gasteiger partial charge in [0, 0.05) is 18.7 Å². The van der Waals surface area contributed by atoms with Gasteiger partial charge in [-0.3, -0.25) is 4.68 Å². The van der Waals surface area contributed by atoms with Crippen LogP contribution >= 0.6 is 0 Å². The molecule has 0 aromatic carbocycles. The maximum atomic E-state index is 9.00. The lowest BCUT2D eigenvalue weighted by Crippen LogP contribution is -2.15. The van der Waals surface area contributed by atoms with Crippen LogP contribution in [0.4, 0.5) is 0 Å². The van der Waals surface area contributed by atoms with Crippen molar-refractivity contribution in [2.45, 2.75) is 47.1 Å². The van der Waals surface area contributed by atoms with Crippen molar-refractivity contribution in [3.63, 3.8) is 0 Å². The number of aryl methyl sites for hydroxylation is 2. The molecule has 0 saturated carbocycles. The molecule has 15 heavy (non-hydrogen) atoms. The Morgan fingerprint density at radius 1 is 1.47 bits per heavy atom. The zero-order valence-electron chi connectivity index (χ0n) is 10.0. The monoisotopic (exact) mass is 205 g/mol. The Morgan fingerprint density at radius 3 is 2.60 bits per heavy atom. The molecule has 0 saturated heterocycles. The lowest BCUT2D eigenvalue weighted by Gasteiger charge is -2.15. The Labute approximate surface area is 91.7 Å². The van der Waals surface area contributed by atoms with E-state index >= 15 is 0 Å². The van der Waals surface area contributed by atoms with E-state index in [2.05, 4.69) is 31.1 Å². The Morgan fingerprint density at radius 2 is 2.13 bits per heavy atom. The first-order valence-electron chi connectivity index (χ1n) is 5.49. The van der Waals surface area contributed by atoms with E-state index in [-0.39, 0.29) is 5.41 Å². The van der Waals surface area contributed by atoms with Gasteiger partial charge in [-0.05, 0) is 33.3 Å². The molecule has 0 radical (unpaired) electrons. The zero-order valence-corrected chi connectivity index (χ0v) is 10.0. The first-order chi connectivity index (χ1) is 7.02. The van der Waals surface area contributed by atoms with Gasteiger partial charge >= 0.3 is 0 Å². The van der Waals surface area contributed by atoms with Gasteiger partial charge in [-0.25, -0.2) is 0 Å². The fourth-order valence-electron chi connectivity index (χ4n) is 1.60. The summed E-state index contributed by atoms with van der Waals surface area (Å²) in [6.07, 6.45) is 1.72. The van der Waals surface area contributed by atoms with E-state index in [1.165, 1.54) is 5.69 Å². The second kappa shape index (κ2) is 4.48. The summed E-state index contributed by atoms with van der Waals surface area (Å²) in [6.45, 7) is 8.98. The molecule has 0 spiro atoms. The predicted molar refractivity (Wildman–Crippen MR) is 60.4 cm³/mol. The molecule has 1 rings (SSSR count). The summed E-state index contributed by atoms with van der Waals surface area (Å²) in [5.41, 5.74) is 1.97. The van der Waals surface area contributed by atoms with E-state index in [0.717, 1.165) is 25.1 Å². The lowest BCUT2D eigenvalue weighted by molar-refractivity contribution is 0.464. The Hall–Kier alpha value is -1.30. The summed E-state index contributed by atoms with van der Waals surface area (Å²) >= 11 is 0. The predicted octanol–water partition coefficient (Wildman–Crippen LogP) is 2.56. The van der Waals surface area contributed by atoms with Gasteiger partial charge in [-0.1, -0.05) is 6.92 Å². The largest absolute Gasteiger partial charge is 0.270 e. The van der Waals surface area contributed by atoms with Gasteiger partial charge < -0.3 is 0 Å². The van der Waals surface area contributed by atoms with Crippen LogP contribution in [-0.2, 0) is 19.4 Å². The van der Waals surface area contributed by atoms with Gasteiger partial charge in [-0.2, -0.15) is 10.4 Å². The number of nitrogens with zero attached hydrogens (tertiary/aromatic N) is 3. The molecular formula is C12H19N3. The molecule has 0 aliphatic carbocycles. The van der Waals surface area contributed by atoms with Gasteiger partial charge in [0.25, 0.3) is 0 Å². The molecule has 0 aliphatic heterocycles. The summed E-state index contributed by atoms with van der Waals surface area (Å²) in [4.78, 5) is 0. The minimum atomic E-state index is -0.308. The molecule has 0 unspecified atom stereocenters. The first-order valence-corrected chi connectivity index (χ1v) is 5.49. The summed E-state index contributed by atoms with van der Waals surface area (Å²) in [5, 5.41) is 13.5. The van der Waals surface area contributed by atoms with Gasteiger partial charge in [-0.15, -0.1) is 0 Å². The van der Waals surface area contributed by atoms with Crippen LogP contribution in [-0.4, -0.2) is 9.78 Å². The molecule has 0 amide bonds. The molecule has 0 aliphatic rings. The zero-order chi connectivity index (χ0) is 11.5. The van der Waals surface area contributed by atoms with E-state index < -0.39 is 0 Å². The van der Waals surface area contributed by atoms with Crippen LogP contribution in [0.5, 0.6) is 0 Å². The quantitative estimate of drug-likeness (QED) is 0.758. The topological polar surface area (TPSA) is 41.6 Å². The standard InChI is InChI=1S/C12H19N3/c1-5-10-7-11(15(6-2)14-10)8-12(3,4)9-13/h7H,5-6,8H2,1-4H3. The molecule has 1 heterocycles. The SMILES string of the molecule is CCc1cc(CC(C)(C)C#N)n(CC)n1. The third-order valence-electron chi connectivity index (χ3n) is 2.50. The molecular weight excluding hydrogens is 186 g/mol. The number of rotatable bonds is 4. The van der Waals surface area contributed by atoms with Crippen molar-refractivity contribution >= 4 is 0 Å². The van der Waals surface area contributed by atoms with Crippen molar-refractivity contribution in [3.8, 4) is 6.07 Å². The second-order valence-corrected chi connectivity index (χ2v) is 4.47. The van der Waals surface area contributed by atoms with Crippen molar-refractivity contribution in [1.29, 1.82) is 5.26 Å². The highest BCUT2D eigenvalue weighted by Gasteiger charge is 2.20. The fourth-order valence-corrected chi connectivity index (χ4v) is 1.60. The maximum Gasteiger partial charge on any atom is 0.0688 e. The fraction of sp³-hybridized carbons (Fsp3) is 0.667. The molecule has 3 nitrogen and oxygen atoms in total. The van der Waals surface area contributed by atoms with E-state index in [1.807, 2.05) is 18.5 Å². The molecule has 0 bridgehead atoms. The average molecular weight is 205 g/mol. The van der Waals surface area contributed by atoms with E-state index in [1.54, 1.807) is 0 Å². The number of hydrogen-bond donors (Lipinski definition) is 0. The van der Waals surface area contributed by atoms with Gasteiger partial charge in [0.2, 0.25) is 0 Å². The van der Waals surface area contributed by atoms with Crippen LogP contribution < -0.4 is 0 Å². The third-order valence-corrected chi connectivity index (χ3v) is 2.50. The maximum absolute atomic E-state index is 9.00. The average Bonchev–Trinajstić information content (AvgIpc) is 2.59. The minimum Gasteiger partial charge on any atom is -0.270 e. The van der Waals surface area contributed by atoms with Crippen molar-refractivity contribution in [2.75, 3.05) is 0 Å². The van der Waals surface area contributed by atoms with Crippen LogP contribution in [0.2, 0.25) is 0 Å². The highest BCUT2D eigenvalue weighted by Crippen LogP contribution is 2.21. The lowest BCUT2D eigenvalue weighted by atomic mass is 9.89. The summed E-state index contributed by atoms with van der Waals surface area (Å²) in [5.74, 6) is 0. The molecule has 1 aromatic heterocycles. The molecule has 82 valence electrons. The highest BCUT2D eigenvalue weighted by molar-refractivity contribution is 5.14. The van der Waals surface area contributed by atoms with Gasteiger partial charge in [0.15, 0.2) is 0 Å². The molecule has 0 atom stereocenters. The van der Waals surface area contributed by atoms with Crippen molar-refractivity contribution in [2.24, 2.45) is 5.41 Å². The van der Waals surface area contributed by atoms with Gasteiger partial charge in [0.1, 0.15) is 0 Å². The smallest absolute Gasteiger partial charge is 0.0688 e. The summed E-state index contributed by atoms with van der Waals surface area (Å²) < 4.78 is 2.00. The molecule has 0 fully saturated rings. The summed E-state index contributed by atoms with van der Waals surface area (Å²) in [7, 11) is 0. The third kappa shape index (κ3) is 2.82. The van der Waals surface area contributed by atoms with E-state index in [4.69, 9.17) is 5.26 Å². The number of nitriles is 1. The highest BCUT2D eigenvalue weighted by atomic mass is 15.3. The Kier molecular flexibility index (Phi) is 3.52. The molecule has 3 heteroatoms. The Balaban J connectivity index is 2.94. The minimum absolute atomic E-state index is 0.308. The van der Waals surface area contributed by atoms with Crippen molar-refractivity contribution < 1.29 is 0 Å². The first kappa shape index (κ1) is 11.8. The molecule has 1 aromatic rings. The Bertz CT molecular complexity index is 369. The van der Waals surface area contributed by atoms with E-state index in [9.17, 15) is 0 Å². The van der Waals surface area contributed by atoms with Crippen LogP contribution in [0.15, 0.2) is 6.07 Å². The van der Waals surface area contributed by atoms with Crippen molar-refractivity contribution in [3.05, 3.63) is 17.5 Å². The van der Waals surface area contributed by atoms with Crippen molar-refractivity contribution in [1.82, 2.24) is 9.78 Å². The van der Waals surface area contributed by atoms with Gasteiger partial charge in [0.05, 0.1) is 17.2 Å². The normalized spacial score (nSPS) is 11.4.